The molecule has 0 aromatic carbocycles. The van der Waals surface area contributed by atoms with Gasteiger partial charge in [-0.1, -0.05) is 0 Å². The van der Waals surface area contributed by atoms with Crippen LogP contribution in [-0.2, 0) is 11.3 Å². The number of rotatable bonds is 3. The van der Waals surface area contributed by atoms with Gasteiger partial charge in [-0.05, 0) is 13.8 Å². The van der Waals surface area contributed by atoms with E-state index >= 15 is 0 Å². The Labute approximate surface area is 153 Å². The Morgan fingerprint density at radius 3 is 2.76 bits per heavy atom. The van der Waals surface area contributed by atoms with E-state index in [4.69, 9.17) is 0 Å². The smallest absolute Gasteiger partial charge is 0.317 e. The van der Waals surface area contributed by atoms with E-state index in [1.165, 1.54) is 0 Å². The lowest BCUT2D eigenvalue weighted by Crippen LogP contribution is -2.48. The third kappa shape index (κ3) is 4.30. The minimum Gasteiger partial charge on any atom is -0.345 e. The predicted octanol–water partition coefficient (Wildman–Crippen LogP) is 1.23. The van der Waals surface area contributed by atoms with Crippen LogP contribution in [-0.4, -0.2) is 77.4 Å². The number of nitrogens with zero attached hydrogens (tertiary/aromatic N) is 4. The van der Waals surface area contributed by atoms with Crippen LogP contribution in [0, 0.1) is 5.41 Å². The van der Waals surface area contributed by atoms with Gasteiger partial charge >= 0.3 is 6.03 Å². The zero-order valence-electron chi connectivity index (χ0n) is 15.2. The maximum Gasteiger partial charge on any atom is 0.317 e. The van der Waals surface area contributed by atoms with Crippen molar-refractivity contribution in [3.63, 3.8) is 0 Å². The molecule has 3 heterocycles. The molecular weight excluding hydrogens is 338 g/mol. The minimum atomic E-state index is -0.200. The molecule has 1 N–H and O–H groups in total. The molecule has 1 spiro atoms. The van der Waals surface area contributed by atoms with Crippen molar-refractivity contribution in [2.45, 2.75) is 32.9 Å². The molecular formula is C17H27N5O2S. The van der Waals surface area contributed by atoms with Gasteiger partial charge in [0.05, 0.1) is 6.54 Å². The summed E-state index contributed by atoms with van der Waals surface area (Å²) in [6, 6.07) is 0.0680. The fourth-order valence-corrected chi connectivity index (χ4v) is 4.49. The van der Waals surface area contributed by atoms with Crippen LogP contribution < -0.4 is 5.32 Å². The molecule has 1 aromatic heterocycles. The molecule has 0 unspecified atom stereocenters. The average molecular weight is 366 g/mol. The number of aromatic nitrogens is 1. The summed E-state index contributed by atoms with van der Waals surface area (Å²) in [6.45, 7) is 8.31. The highest BCUT2D eigenvalue weighted by atomic mass is 32.1. The summed E-state index contributed by atoms with van der Waals surface area (Å²) in [5.74, 6) is 0.167. The lowest BCUT2D eigenvalue weighted by Gasteiger charge is -2.33. The first-order chi connectivity index (χ1) is 11.9. The number of amides is 3. The number of likely N-dealkylation sites (tertiary alicyclic amines) is 1. The minimum absolute atomic E-state index is 0.0347. The van der Waals surface area contributed by atoms with E-state index in [1.807, 2.05) is 37.4 Å². The maximum absolute atomic E-state index is 12.6. The molecule has 0 bridgehead atoms. The summed E-state index contributed by atoms with van der Waals surface area (Å²) in [7, 11) is 1.85. The summed E-state index contributed by atoms with van der Waals surface area (Å²) < 4.78 is 0. The van der Waals surface area contributed by atoms with Crippen molar-refractivity contribution in [1.82, 2.24) is 25.0 Å². The van der Waals surface area contributed by atoms with Crippen LogP contribution in [0.5, 0.6) is 0 Å². The molecule has 25 heavy (non-hydrogen) atoms. The van der Waals surface area contributed by atoms with Gasteiger partial charge in [-0.3, -0.25) is 9.69 Å². The molecule has 2 aliphatic rings. The molecule has 2 fully saturated rings. The van der Waals surface area contributed by atoms with Gasteiger partial charge in [-0.2, -0.15) is 0 Å². The SMILES string of the molecule is CC(C)NC(=O)N1CCN(Cc2nccs2)C[C@]2(CC(=O)N(C)C2)C1. The Balaban J connectivity index is 1.78. The lowest BCUT2D eigenvalue weighted by atomic mass is 9.86. The van der Waals surface area contributed by atoms with Gasteiger partial charge in [0.25, 0.3) is 0 Å². The van der Waals surface area contributed by atoms with Crippen LogP contribution in [0.15, 0.2) is 11.6 Å². The molecule has 138 valence electrons. The fourth-order valence-electron chi connectivity index (χ4n) is 3.83. The summed E-state index contributed by atoms with van der Waals surface area (Å²) in [4.78, 5) is 35.2. The standard InChI is InChI=1S/C17H27N5O2S/c1-13(2)19-16(24)22-6-5-21(9-14-18-4-7-25-14)11-17(12-22)8-15(23)20(3)10-17/h4,7,13H,5-6,8-12H2,1-3H3,(H,19,24)/t17-/m1/s1. The zero-order valence-corrected chi connectivity index (χ0v) is 16.0. The van der Waals surface area contributed by atoms with Gasteiger partial charge in [0.1, 0.15) is 5.01 Å². The number of carbonyl (C=O) groups excluding carboxylic acids is 2. The monoisotopic (exact) mass is 365 g/mol. The molecule has 0 radical (unpaired) electrons. The van der Waals surface area contributed by atoms with Gasteiger partial charge in [-0.25, -0.2) is 9.78 Å². The van der Waals surface area contributed by atoms with E-state index in [2.05, 4.69) is 15.2 Å². The highest BCUT2D eigenvalue weighted by molar-refractivity contribution is 7.09. The van der Waals surface area contributed by atoms with Crippen LogP contribution in [0.1, 0.15) is 25.3 Å². The molecule has 2 saturated heterocycles. The van der Waals surface area contributed by atoms with Crippen molar-refractivity contribution in [2.24, 2.45) is 5.41 Å². The molecule has 0 saturated carbocycles. The Kier molecular flexibility index (Phi) is 5.29. The van der Waals surface area contributed by atoms with E-state index in [9.17, 15) is 9.59 Å². The van der Waals surface area contributed by atoms with Crippen molar-refractivity contribution in [2.75, 3.05) is 39.8 Å². The van der Waals surface area contributed by atoms with Gasteiger partial charge < -0.3 is 15.1 Å². The average Bonchev–Trinajstić information content (AvgIpc) is 3.06. The fraction of sp³-hybridized carbons (Fsp3) is 0.706. The molecule has 3 rings (SSSR count). The second-order valence-electron chi connectivity index (χ2n) is 7.59. The number of hydrogen-bond donors (Lipinski definition) is 1. The van der Waals surface area contributed by atoms with Crippen molar-refractivity contribution in [1.29, 1.82) is 0 Å². The molecule has 3 amide bonds. The van der Waals surface area contributed by atoms with Crippen LogP contribution in [0.3, 0.4) is 0 Å². The quantitative estimate of drug-likeness (QED) is 0.875. The van der Waals surface area contributed by atoms with E-state index in [1.54, 1.807) is 16.2 Å². The first-order valence-corrected chi connectivity index (χ1v) is 9.65. The normalized spacial score (nSPS) is 25.0. The number of nitrogens with one attached hydrogen (secondary N) is 1. The second-order valence-corrected chi connectivity index (χ2v) is 8.57. The van der Waals surface area contributed by atoms with E-state index in [-0.39, 0.29) is 23.4 Å². The number of thiazole rings is 1. The zero-order chi connectivity index (χ0) is 18.0. The number of carbonyl (C=O) groups is 2. The molecule has 0 aliphatic carbocycles. The van der Waals surface area contributed by atoms with Gasteiger partial charge in [0.15, 0.2) is 0 Å². The lowest BCUT2D eigenvalue weighted by molar-refractivity contribution is -0.126. The van der Waals surface area contributed by atoms with Crippen LogP contribution >= 0.6 is 11.3 Å². The first kappa shape index (κ1) is 18.1. The largest absolute Gasteiger partial charge is 0.345 e. The van der Waals surface area contributed by atoms with Gasteiger partial charge in [0.2, 0.25) is 5.91 Å². The van der Waals surface area contributed by atoms with Crippen molar-refractivity contribution < 1.29 is 9.59 Å². The molecule has 8 heteroatoms. The van der Waals surface area contributed by atoms with Crippen LogP contribution in [0.4, 0.5) is 4.79 Å². The third-order valence-electron chi connectivity index (χ3n) is 4.84. The van der Waals surface area contributed by atoms with Crippen LogP contribution in [0.25, 0.3) is 0 Å². The Hall–Kier alpha value is -1.67. The van der Waals surface area contributed by atoms with Gasteiger partial charge in [0, 0.05) is 69.2 Å². The van der Waals surface area contributed by atoms with Crippen LogP contribution in [0.2, 0.25) is 0 Å². The molecule has 7 nitrogen and oxygen atoms in total. The van der Waals surface area contributed by atoms with E-state index < -0.39 is 0 Å². The predicted molar refractivity (Wildman–Crippen MR) is 97.3 cm³/mol. The summed E-state index contributed by atoms with van der Waals surface area (Å²) in [5, 5.41) is 6.05. The maximum atomic E-state index is 12.6. The Morgan fingerprint density at radius 1 is 1.36 bits per heavy atom. The third-order valence-corrected chi connectivity index (χ3v) is 5.60. The number of urea groups is 1. The molecule has 1 aromatic rings. The van der Waals surface area contributed by atoms with Crippen molar-refractivity contribution in [3.8, 4) is 0 Å². The van der Waals surface area contributed by atoms with E-state index in [0.29, 0.717) is 26.1 Å². The Bertz CT molecular complexity index is 621. The van der Waals surface area contributed by atoms with Crippen molar-refractivity contribution in [3.05, 3.63) is 16.6 Å². The molecule has 1 atom stereocenters. The molecule has 2 aliphatic heterocycles. The Morgan fingerprint density at radius 2 is 2.16 bits per heavy atom. The highest BCUT2D eigenvalue weighted by Crippen LogP contribution is 2.35. The second kappa shape index (κ2) is 7.29. The summed E-state index contributed by atoms with van der Waals surface area (Å²) in [6.07, 6.45) is 2.33. The first-order valence-electron chi connectivity index (χ1n) is 8.77. The summed E-state index contributed by atoms with van der Waals surface area (Å²) >= 11 is 1.65. The topological polar surface area (TPSA) is 68.8 Å². The number of hydrogen-bond acceptors (Lipinski definition) is 5. The van der Waals surface area contributed by atoms with Gasteiger partial charge in [-0.15, -0.1) is 11.3 Å². The van der Waals surface area contributed by atoms with E-state index in [0.717, 1.165) is 24.6 Å². The highest BCUT2D eigenvalue weighted by Gasteiger charge is 2.46. The summed E-state index contributed by atoms with van der Waals surface area (Å²) in [5.41, 5.74) is -0.200. The van der Waals surface area contributed by atoms with Crippen molar-refractivity contribution >= 4 is 23.3 Å².